The van der Waals surface area contributed by atoms with E-state index in [0.29, 0.717) is 21.6 Å². The summed E-state index contributed by atoms with van der Waals surface area (Å²) in [6.07, 6.45) is 0. The van der Waals surface area contributed by atoms with Crippen molar-refractivity contribution in [2.24, 2.45) is 0 Å². The molecule has 0 aliphatic carbocycles. The second kappa shape index (κ2) is 4.40. The maximum absolute atomic E-state index is 12.4. The summed E-state index contributed by atoms with van der Waals surface area (Å²) in [5.41, 5.74) is 0.800. The molecule has 0 amide bonds. The van der Waals surface area contributed by atoms with E-state index in [2.05, 4.69) is 4.98 Å². The molecule has 1 heterocycles. The summed E-state index contributed by atoms with van der Waals surface area (Å²) in [5.74, 6) is 0. The van der Waals surface area contributed by atoms with E-state index in [9.17, 15) is 9.90 Å². The largest absolute Gasteiger partial charge is 0.460 e. The van der Waals surface area contributed by atoms with Crippen molar-refractivity contribution >= 4 is 22.5 Å². The summed E-state index contributed by atoms with van der Waals surface area (Å²) in [6.45, 7) is 0. The van der Waals surface area contributed by atoms with Gasteiger partial charge in [-0.1, -0.05) is 29.8 Å². The Kier molecular flexibility index (Phi) is 2.72. The number of H-pyrrole nitrogens is 1. The maximum atomic E-state index is 12.4. The summed E-state index contributed by atoms with van der Waals surface area (Å²) in [6, 6.07) is 13.5. The molecule has 2 N–H and O–H groups in total. The fraction of sp³-hybridized carbons (Fsp3) is 0. The van der Waals surface area contributed by atoms with Crippen LogP contribution in [0.3, 0.4) is 0 Å². The van der Waals surface area contributed by atoms with Crippen LogP contribution in [0.4, 0.5) is 0 Å². The standard InChI is InChI=1S/C14H9ClN2O2/c15-9-4-3-5-10(8-9)17-13(18)11-6-1-2-7-12(11)16-14(17)19/h1-8H,(H,16,19)/p+1. The zero-order valence-electron chi connectivity index (χ0n) is 9.80. The van der Waals surface area contributed by atoms with Crippen LogP contribution in [0.2, 0.25) is 5.02 Å². The first-order chi connectivity index (χ1) is 9.16. The van der Waals surface area contributed by atoms with Crippen LogP contribution in [0, 0.1) is 0 Å². The summed E-state index contributed by atoms with van der Waals surface area (Å²) in [5, 5.41) is 11.0. The third-order valence-electron chi connectivity index (χ3n) is 2.89. The monoisotopic (exact) mass is 273 g/mol. The average Bonchev–Trinajstić information content (AvgIpc) is 2.39. The number of aromatic nitrogens is 2. The Morgan fingerprint density at radius 2 is 1.89 bits per heavy atom. The van der Waals surface area contributed by atoms with Crippen LogP contribution in [0.25, 0.3) is 16.6 Å². The molecule has 0 bridgehead atoms. The number of rotatable bonds is 1. The van der Waals surface area contributed by atoms with Crippen molar-refractivity contribution in [2.45, 2.75) is 0 Å². The highest BCUT2D eigenvalue weighted by Crippen LogP contribution is 2.17. The fourth-order valence-corrected chi connectivity index (χ4v) is 2.21. The lowest BCUT2D eigenvalue weighted by molar-refractivity contribution is -0.370. The molecule has 0 aliphatic heterocycles. The molecule has 19 heavy (non-hydrogen) atoms. The Balaban J connectivity index is 2.39. The van der Waals surface area contributed by atoms with Crippen molar-refractivity contribution in [3.63, 3.8) is 0 Å². The van der Waals surface area contributed by atoms with E-state index in [1.165, 1.54) is 4.57 Å². The SMILES string of the molecule is O=c1c2ccccc2[nH+]c(O)n1-c1cccc(Cl)c1. The number of aromatic hydroxyl groups is 1. The van der Waals surface area contributed by atoms with E-state index in [1.807, 2.05) is 0 Å². The van der Waals surface area contributed by atoms with Gasteiger partial charge in [0, 0.05) is 11.1 Å². The third kappa shape index (κ3) is 1.96. The van der Waals surface area contributed by atoms with Gasteiger partial charge in [-0.3, -0.25) is 0 Å². The normalized spacial score (nSPS) is 10.8. The van der Waals surface area contributed by atoms with Crippen molar-refractivity contribution in [1.82, 2.24) is 4.57 Å². The molecular formula is C14H10ClN2O2+. The predicted molar refractivity (Wildman–Crippen MR) is 72.8 cm³/mol. The van der Waals surface area contributed by atoms with E-state index in [-0.39, 0.29) is 11.6 Å². The number of aromatic amines is 1. The Morgan fingerprint density at radius 3 is 2.68 bits per heavy atom. The van der Waals surface area contributed by atoms with E-state index < -0.39 is 0 Å². The van der Waals surface area contributed by atoms with Crippen LogP contribution in [0.15, 0.2) is 53.3 Å². The number of hydrogen-bond acceptors (Lipinski definition) is 2. The van der Waals surface area contributed by atoms with Gasteiger partial charge >= 0.3 is 11.6 Å². The lowest BCUT2D eigenvalue weighted by Crippen LogP contribution is -2.25. The first-order valence-electron chi connectivity index (χ1n) is 5.69. The number of hydrogen-bond donors (Lipinski definition) is 1. The first-order valence-corrected chi connectivity index (χ1v) is 6.06. The topological polar surface area (TPSA) is 56.4 Å². The van der Waals surface area contributed by atoms with Gasteiger partial charge in [0.2, 0.25) is 0 Å². The second-order valence-corrected chi connectivity index (χ2v) is 4.55. The van der Waals surface area contributed by atoms with Gasteiger partial charge in [0.1, 0.15) is 16.6 Å². The van der Waals surface area contributed by atoms with Gasteiger partial charge in [-0.25, -0.2) is 9.78 Å². The van der Waals surface area contributed by atoms with E-state index >= 15 is 0 Å². The zero-order valence-corrected chi connectivity index (χ0v) is 10.6. The van der Waals surface area contributed by atoms with Gasteiger partial charge in [0.25, 0.3) is 0 Å². The number of para-hydroxylation sites is 1. The molecule has 94 valence electrons. The molecule has 3 aromatic rings. The molecular weight excluding hydrogens is 264 g/mol. The van der Waals surface area contributed by atoms with E-state index in [1.54, 1.807) is 48.5 Å². The van der Waals surface area contributed by atoms with Gasteiger partial charge in [-0.05, 0) is 24.3 Å². The first kappa shape index (κ1) is 11.7. The lowest BCUT2D eigenvalue weighted by Gasteiger charge is -2.02. The van der Waals surface area contributed by atoms with Gasteiger partial charge < -0.3 is 5.11 Å². The maximum Gasteiger partial charge on any atom is 0.460 e. The quantitative estimate of drug-likeness (QED) is 0.739. The molecule has 5 heteroatoms. The highest BCUT2D eigenvalue weighted by Gasteiger charge is 2.18. The molecule has 0 aliphatic rings. The zero-order chi connectivity index (χ0) is 13.4. The molecule has 1 aromatic heterocycles. The van der Waals surface area contributed by atoms with Crippen molar-refractivity contribution in [1.29, 1.82) is 0 Å². The predicted octanol–water partition coefficient (Wildman–Crippen LogP) is 2.16. The highest BCUT2D eigenvalue weighted by molar-refractivity contribution is 6.30. The van der Waals surface area contributed by atoms with Gasteiger partial charge in [-0.15, -0.1) is 4.57 Å². The Labute approximate surface area is 113 Å². The number of fused-ring (bicyclic) bond motifs is 1. The molecule has 0 unspecified atom stereocenters. The number of halogens is 1. The molecule has 0 fully saturated rings. The van der Waals surface area contributed by atoms with Crippen LogP contribution in [-0.2, 0) is 0 Å². The summed E-state index contributed by atoms with van der Waals surface area (Å²) >= 11 is 5.91. The van der Waals surface area contributed by atoms with Gasteiger partial charge in [-0.2, -0.15) is 0 Å². The number of nitrogens with zero attached hydrogens (tertiary/aromatic N) is 1. The highest BCUT2D eigenvalue weighted by atomic mass is 35.5. The minimum absolute atomic E-state index is 0.231. The molecule has 0 spiro atoms. The van der Waals surface area contributed by atoms with Crippen LogP contribution in [0.1, 0.15) is 0 Å². The van der Waals surface area contributed by atoms with E-state index in [0.717, 1.165) is 0 Å². The summed E-state index contributed by atoms with van der Waals surface area (Å²) in [7, 11) is 0. The molecule has 3 rings (SSSR count). The minimum Gasteiger partial charge on any atom is -0.446 e. The molecule has 2 aromatic carbocycles. The van der Waals surface area contributed by atoms with Crippen LogP contribution in [0.5, 0.6) is 6.01 Å². The Morgan fingerprint density at radius 1 is 1.11 bits per heavy atom. The van der Waals surface area contributed by atoms with Gasteiger partial charge in [0.15, 0.2) is 0 Å². The second-order valence-electron chi connectivity index (χ2n) is 4.11. The van der Waals surface area contributed by atoms with Crippen LogP contribution < -0.4 is 10.5 Å². The van der Waals surface area contributed by atoms with Crippen LogP contribution in [-0.4, -0.2) is 9.67 Å². The van der Waals surface area contributed by atoms with Gasteiger partial charge in [0.05, 0.1) is 0 Å². The van der Waals surface area contributed by atoms with Crippen LogP contribution >= 0.6 is 11.6 Å². The molecule has 0 saturated carbocycles. The summed E-state index contributed by atoms with van der Waals surface area (Å²) < 4.78 is 1.19. The average molecular weight is 274 g/mol. The molecule has 0 atom stereocenters. The molecule has 4 nitrogen and oxygen atoms in total. The van der Waals surface area contributed by atoms with Crippen molar-refractivity contribution in [3.8, 4) is 11.7 Å². The fourth-order valence-electron chi connectivity index (χ4n) is 2.03. The number of benzene rings is 2. The molecule has 0 radical (unpaired) electrons. The smallest absolute Gasteiger partial charge is 0.446 e. The van der Waals surface area contributed by atoms with Crippen molar-refractivity contribution < 1.29 is 10.1 Å². The summed E-state index contributed by atoms with van der Waals surface area (Å²) in [4.78, 5) is 15.2. The van der Waals surface area contributed by atoms with Crippen molar-refractivity contribution in [2.75, 3.05) is 0 Å². The third-order valence-corrected chi connectivity index (χ3v) is 3.12. The Hall–Kier alpha value is -2.33. The van der Waals surface area contributed by atoms with E-state index in [4.69, 9.17) is 11.6 Å². The lowest BCUT2D eigenvalue weighted by atomic mass is 10.2. The molecule has 0 saturated heterocycles. The number of nitrogens with one attached hydrogen (secondary N) is 1. The minimum atomic E-state index is -0.297. The Bertz CT molecular complexity index is 827. The van der Waals surface area contributed by atoms with Crippen molar-refractivity contribution in [3.05, 3.63) is 63.9 Å².